The van der Waals surface area contributed by atoms with Gasteiger partial charge >= 0.3 is 0 Å². The first-order chi connectivity index (χ1) is 10.8. The molecule has 2 aliphatic carbocycles. The number of rotatable bonds is 7. The highest BCUT2D eigenvalue weighted by molar-refractivity contribution is 5.53. The van der Waals surface area contributed by atoms with Crippen LogP contribution in [0.4, 0.5) is 0 Å². The molecule has 0 spiro atoms. The van der Waals surface area contributed by atoms with Crippen molar-refractivity contribution in [1.29, 1.82) is 0 Å². The molecule has 0 heteroatoms. The third-order valence-electron chi connectivity index (χ3n) is 5.01. The Balaban J connectivity index is 1.92. The zero-order chi connectivity index (χ0) is 15.4. The number of hydrogen-bond acceptors (Lipinski definition) is 0. The number of aryl methyl sites for hydroxylation is 1. The molecule has 0 heterocycles. The Morgan fingerprint density at radius 2 is 1.68 bits per heavy atom. The molecule has 0 radical (unpaired) electrons. The molecule has 0 atom stereocenters. The summed E-state index contributed by atoms with van der Waals surface area (Å²) in [7, 11) is 0. The molecule has 0 amide bonds. The van der Waals surface area contributed by atoms with Gasteiger partial charge in [0.05, 0.1) is 0 Å². The van der Waals surface area contributed by atoms with Crippen LogP contribution in [-0.2, 0) is 6.42 Å². The fraction of sp³-hybridized carbons (Fsp3) is 0.636. The molecule has 22 heavy (non-hydrogen) atoms. The third kappa shape index (κ3) is 3.95. The molecule has 0 aromatic heterocycles. The van der Waals surface area contributed by atoms with Crippen LogP contribution in [-0.4, -0.2) is 0 Å². The highest BCUT2D eigenvalue weighted by Crippen LogP contribution is 2.47. The lowest BCUT2D eigenvalue weighted by Gasteiger charge is -2.13. The Labute approximate surface area is 136 Å². The van der Waals surface area contributed by atoms with Crippen molar-refractivity contribution in [3.8, 4) is 11.8 Å². The van der Waals surface area contributed by atoms with Gasteiger partial charge in [0.2, 0.25) is 0 Å². The minimum atomic E-state index is 0.814. The van der Waals surface area contributed by atoms with Crippen molar-refractivity contribution in [3.05, 3.63) is 34.4 Å². The normalized spacial score (nSPS) is 17.2. The van der Waals surface area contributed by atoms with E-state index >= 15 is 0 Å². The fourth-order valence-electron chi connectivity index (χ4n) is 3.25. The Morgan fingerprint density at radius 1 is 0.955 bits per heavy atom. The summed E-state index contributed by atoms with van der Waals surface area (Å²) < 4.78 is 0. The molecule has 118 valence electrons. The molecule has 0 bridgehead atoms. The quantitative estimate of drug-likeness (QED) is 0.407. The van der Waals surface area contributed by atoms with Gasteiger partial charge < -0.3 is 0 Å². The summed E-state index contributed by atoms with van der Waals surface area (Å²) in [6.07, 6.45) is 12.9. The Morgan fingerprint density at radius 3 is 2.32 bits per heavy atom. The molecule has 0 unspecified atom stereocenters. The largest absolute Gasteiger partial charge is 0.0979 e. The van der Waals surface area contributed by atoms with E-state index in [2.05, 4.69) is 37.8 Å². The van der Waals surface area contributed by atoms with Crippen molar-refractivity contribution in [2.24, 2.45) is 0 Å². The fourth-order valence-corrected chi connectivity index (χ4v) is 3.25. The van der Waals surface area contributed by atoms with Crippen LogP contribution in [0.15, 0.2) is 12.1 Å². The van der Waals surface area contributed by atoms with E-state index in [1.165, 1.54) is 63.4 Å². The second-order valence-corrected chi connectivity index (χ2v) is 7.20. The van der Waals surface area contributed by atoms with Gasteiger partial charge in [-0.05, 0) is 73.5 Å². The summed E-state index contributed by atoms with van der Waals surface area (Å²) in [4.78, 5) is 0. The minimum Gasteiger partial charge on any atom is -0.0979 e. The first-order valence-corrected chi connectivity index (χ1v) is 9.49. The zero-order valence-corrected chi connectivity index (χ0v) is 14.4. The van der Waals surface area contributed by atoms with E-state index < -0.39 is 0 Å². The molecule has 3 rings (SSSR count). The van der Waals surface area contributed by atoms with Gasteiger partial charge in [0.1, 0.15) is 0 Å². The highest BCUT2D eigenvalue weighted by atomic mass is 14.3. The van der Waals surface area contributed by atoms with Crippen LogP contribution in [0, 0.1) is 11.8 Å². The van der Waals surface area contributed by atoms with Gasteiger partial charge in [0.25, 0.3) is 0 Å². The molecule has 1 aromatic rings. The standard InChI is InChI=1S/C22H30/c1-3-5-7-8-10-21-19(9-6-4-2)15-20(17-11-12-17)16-22(21)18-13-14-18/h15-18H,3-7,9,11-14H2,1-2H3. The van der Waals surface area contributed by atoms with E-state index in [1.54, 1.807) is 16.7 Å². The van der Waals surface area contributed by atoms with E-state index in [4.69, 9.17) is 0 Å². The Bertz CT molecular complexity index is 562. The summed E-state index contributed by atoms with van der Waals surface area (Å²) in [5.74, 6) is 8.72. The monoisotopic (exact) mass is 294 g/mol. The molecule has 0 saturated heterocycles. The van der Waals surface area contributed by atoms with Gasteiger partial charge in [0.15, 0.2) is 0 Å². The third-order valence-corrected chi connectivity index (χ3v) is 5.01. The van der Waals surface area contributed by atoms with E-state index in [9.17, 15) is 0 Å². The average Bonchev–Trinajstić information content (AvgIpc) is 3.41. The van der Waals surface area contributed by atoms with Gasteiger partial charge in [0, 0.05) is 12.0 Å². The summed E-state index contributed by atoms with van der Waals surface area (Å²) >= 11 is 0. The zero-order valence-electron chi connectivity index (χ0n) is 14.4. The average molecular weight is 294 g/mol. The number of hydrogen-bond donors (Lipinski definition) is 0. The smallest absolute Gasteiger partial charge is 0.0312 e. The van der Waals surface area contributed by atoms with E-state index in [1.807, 2.05) is 0 Å². The summed E-state index contributed by atoms with van der Waals surface area (Å²) in [5, 5.41) is 0. The number of benzene rings is 1. The summed E-state index contributed by atoms with van der Waals surface area (Å²) in [6, 6.07) is 5.03. The van der Waals surface area contributed by atoms with Gasteiger partial charge in [-0.25, -0.2) is 0 Å². The molecule has 0 nitrogen and oxygen atoms in total. The lowest BCUT2D eigenvalue weighted by Crippen LogP contribution is -1.99. The molecule has 2 fully saturated rings. The lowest BCUT2D eigenvalue weighted by molar-refractivity contribution is 0.790. The van der Waals surface area contributed by atoms with Crippen molar-refractivity contribution in [2.75, 3.05) is 0 Å². The summed E-state index contributed by atoms with van der Waals surface area (Å²) in [5.41, 5.74) is 6.18. The van der Waals surface area contributed by atoms with Crippen LogP contribution in [0.3, 0.4) is 0 Å². The maximum absolute atomic E-state index is 3.58. The molecule has 2 aliphatic rings. The molecule has 0 N–H and O–H groups in total. The molecule has 2 saturated carbocycles. The van der Waals surface area contributed by atoms with Crippen LogP contribution in [0.1, 0.15) is 106 Å². The minimum absolute atomic E-state index is 0.814. The van der Waals surface area contributed by atoms with E-state index in [0.29, 0.717) is 0 Å². The van der Waals surface area contributed by atoms with Gasteiger partial charge in [-0.2, -0.15) is 0 Å². The topological polar surface area (TPSA) is 0 Å². The first-order valence-electron chi connectivity index (χ1n) is 9.49. The second kappa shape index (κ2) is 7.36. The lowest BCUT2D eigenvalue weighted by atomic mass is 9.91. The predicted molar refractivity (Wildman–Crippen MR) is 95.4 cm³/mol. The van der Waals surface area contributed by atoms with Crippen molar-refractivity contribution >= 4 is 0 Å². The van der Waals surface area contributed by atoms with Gasteiger partial charge in [-0.15, -0.1) is 0 Å². The first kappa shape index (κ1) is 15.7. The molecule has 0 aliphatic heterocycles. The van der Waals surface area contributed by atoms with Crippen molar-refractivity contribution in [3.63, 3.8) is 0 Å². The summed E-state index contributed by atoms with van der Waals surface area (Å²) in [6.45, 7) is 4.54. The second-order valence-electron chi connectivity index (χ2n) is 7.20. The Hall–Kier alpha value is -1.22. The van der Waals surface area contributed by atoms with Crippen LogP contribution in [0.5, 0.6) is 0 Å². The predicted octanol–water partition coefficient (Wildman–Crippen LogP) is 6.33. The maximum Gasteiger partial charge on any atom is 0.0312 e. The van der Waals surface area contributed by atoms with Crippen molar-refractivity contribution < 1.29 is 0 Å². The van der Waals surface area contributed by atoms with Crippen LogP contribution >= 0.6 is 0 Å². The maximum atomic E-state index is 3.58. The highest BCUT2D eigenvalue weighted by Gasteiger charge is 2.30. The van der Waals surface area contributed by atoms with Gasteiger partial charge in [-0.1, -0.05) is 50.7 Å². The van der Waals surface area contributed by atoms with E-state index in [0.717, 1.165) is 18.3 Å². The molecular weight excluding hydrogens is 264 g/mol. The number of unbranched alkanes of at least 4 members (excludes halogenated alkanes) is 3. The van der Waals surface area contributed by atoms with Crippen LogP contribution in [0.25, 0.3) is 0 Å². The molecular formula is C22H30. The Kier molecular flexibility index (Phi) is 5.24. The van der Waals surface area contributed by atoms with Gasteiger partial charge in [-0.3, -0.25) is 0 Å². The SMILES string of the molecule is CCCCC#Cc1c(CCCC)cc(C2CC2)cc1C1CC1. The van der Waals surface area contributed by atoms with Crippen LogP contribution in [0.2, 0.25) is 0 Å². The van der Waals surface area contributed by atoms with Crippen molar-refractivity contribution in [1.82, 2.24) is 0 Å². The van der Waals surface area contributed by atoms with E-state index in [-0.39, 0.29) is 0 Å². The van der Waals surface area contributed by atoms with Crippen LogP contribution < -0.4 is 0 Å². The molecule has 1 aromatic carbocycles. The van der Waals surface area contributed by atoms with Crippen molar-refractivity contribution in [2.45, 2.75) is 89.9 Å².